The number of rotatable bonds is 5. The van der Waals surface area contributed by atoms with Crippen molar-refractivity contribution in [2.24, 2.45) is 0 Å². The minimum atomic E-state index is -0.271. The van der Waals surface area contributed by atoms with Crippen LogP contribution in [0.3, 0.4) is 0 Å². The van der Waals surface area contributed by atoms with Crippen molar-refractivity contribution in [3.8, 4) is 6.07 Å². The van der Waals surface area contributed by atoms with Gasteiger partial charge >= 0.3 is 0 Å². The summed E-state index contributed by atoms with van der Waals surface area (Å²) in [6.07, 6.45) is 0.667. The van der Waals surface area contributed by atoms with Crippen molar-refractivity contribution in [1.29, 1.82) is 5.26 Å². The first kappa shape index (κ1) is 17.7. The number of hydrogen-bond acceptors (Lipinski definition) is 4. The summed E-state index contributed by atoms with van der Waals surface area (Å²) in [6, 6.07) is 13.8. The fourth-order valence-corrected chi connectivity index (χ4v) is 2.90. The molecule has 0 bridgehead atoms. The van der Waals surface area contributed by atoms with Crippen LogP contribution in [0.2, 0.25) is 5.02 Å². The average Bonchev–Trinajstić information content (AvgIpc) is 2.97. The van der Waals surface area contributed by atoms with Gasteiger partial charge in [0.25, 0.3) is 0 Å². The zero-order chi connectivity index (χ0) is 18.7. The molecule has 1 aromatic heterocycles. The van der Waals surface area contributed by atoms with Crippen LogP contribution < -0.4 is 5.32 Å². The number of carbonyl (C=O) groups excluding carboxylic acids is 2. The molecule has 0 fully saturated rings. The molecule has 6 heteroatoms. The van der Waals surface area contributed by atoms with Gasteiger partial charge in [0.15, 0.2) is 5.76 Å². The van der Waals surface area contributed by atoms with E-state index in [0.29, 0.717) is 33.8 Å². The summed E-state index contributed by atoms with van der Waals surface area (Å²) in [4.78, 5) is 24.1. The second-order valence-electron chi connectivity index (χ2n) is 5.80. The van der Waals surface area contributed by atoms with Gasteiger partial charge in [0.1, 0.15) is 5.58 Å². The quantitative estimate of drug-likeness (QED) is 0.661. The molecule has 0 atom stereocenters. The van der Waals surface area contributed by atoms with Gasteiger partial charge in [-0.15, -0.1) is 0 Å². The van der Waals surface area contributed by atoms with E-state index in [-0.39, 0.29) is 23.9 Å². The molecule has 3 aromatic rings. The van der Waals surface area contributed by atoms with Crippen LogP contribution in [-0.4, -0.2) is 11.7 Å². The number of anilines is 1. The maximum absolute atomic E-state index is 12.9. The molecule has 1 heterocycles. The van der Waals surface area contributed by atoms with Crippen LogP contribution in [0.1, 0.15) is 35.0 Å². The molecule has 3 rings (SSSR count). The number of nitrogens with zero attached hydrogens (tertiary/aromatic N) is 1. The van der Waals surface area contributed by atoms with Crippen molar-refractivity contribution >= 4 is 39.9 Å². The number of furan rings is 1. The topological polar surface area (TPSA) is 83.1 Å². The number of carbonyl (C=O) groups is 2. The van der Waals surface area contributed by atoms with Crippen molar-refractivity contribution < 1.29 is 14.0 Å². The number of nitriles is 1. The lowest BCUT2D eigenvalue weighted by molar-refractivity contribution is -0.114. The minimum absolute atomic E-state index is 0.196. The van der Waals surface area contributed by atoms with Crippen molar-refractivity contribution in [1.82, 2.24) is 0 Å². The largest absolute Gasteiger partial charge is 0.452 e. The predicted octanol–water partition coefficient (Wildman–Crippen LogP) is 4.73. The summed E-state index contributed by atoms with van der Waals surface area (Å²) >= 11 is 5.88. The van der Waals surface area contributed by atoms with Crippen molar-refractivity contribution in [2.45, 2.75) is 19.8 Å². The number of amides is 1. The lowest BCUT2D eigenvalue weighted by Gasteiger charge is -2.02. The SMILES string of the molecule is CC(=O)Nc1ccc2c(CCC#N)c(C(=O)c3ccc(Cl)cc3)oc2c1. The highest BCUT2D eigenvalue weighted by molar-refractivity contribution is 6.30. The van der Waals surface area contributed by atoms with Gasteiger partial charge in [-0.05, 0) is 42.8 Å². The number of nitrogens with one attached hydrogen (secondary N) is 1. The molecule has 0 aliphatic heterocycles. The lowest BCUT2D eigenvalue weighted by atomic mass is 10.0. The van der Waals surface area contributed by atoms with Gasteiger partial charge in [-0.3, -0.25) is 9.59 Å². The average molecular weight is 367 g/mol. The molecule has 1 amide bonds. The van der Waals surface area contributed by atoms with Gasteiger partial charge in [0.05, 0.1) is 6.07 Å². The van der Waals surface area contributed by atoms with Crippen LogP contribution in [-0.2, 0) is 11.2 Å². The Hall–Kier alpha value is -3.10. The van der Waals surface area contributed by atoms with Crippen LogP contribution in [0, 0.1) is 11.3 Å². The maximum Gasteiger partial charge on any atom is 0.228 e. The van der Waals surface area contributed by atoms with E-state index in [9.17, 15) is 9.59 Å². The second-order valence-corrected chi connectivity index (χ2v) is 6.23. The Morgan fingerprint density at radius 3 is 2.58 bits per heavy atom. The Labute approximate surface area is 155 Å². The molecule has 26 heavy (non-hydrogen) atoms. The monoisotopic (exact) mass is 366 g/mol. The molecule has 0 aliphatic rings. The third-order valence-electron chi connectivity index (χ3n) is 3.91. The Morgan fingerprint density at radius 2 is 1.92 bits per heavy atom. The molecule has 0 saturated heterocycles. The molecule has 0 unspecified atom stereocenters. The Balaban J connectivity index is 2.09. The Morgan fingerprint density at radius 1 is 1.19 bits per heavy atom. The van der Waals surface area contributed by atoms with Crippen LogP contribution in [0.15, 0.2) is 46.9 Å². The number of fused-ring (bicyclic) bond motifs is 1. The standard InChI is InChI=1S/C20H15ClN2O3/c1-12(24)23-15-8-9-16-17(3-2-10-22)20(26-18(16)11-15)19(25)13-4-6-14(21)7-5-13/h4-9,11H,2-3H2,1H3,(H,23,24). The molecule has 0 spiro atoms. The fourth-order valence-electron chi connectivity index (χ4n) is 2.78. The van der Waals surface area contributed by atoms with E-state index in [2.05, 4.69) is 11.4 Å². The Bertz CT molecular complexity index is 1030. The number of halogens is 1. The molecule has 5 nitrogen and oxygen atoms in total. The summed E-state index contributed by atoms with van der Waals surface area (Å²) < 4.78 is 5.82. The van der Waals surface area contributed by atoms with Gasteiger partial charge in [-0.1, -0.05) is 11.6 Å². The summed E-state index contributed by atoms with van der Waals surface area (Å²) in [5, 5.41) is 12.9. The summed E-state index contributed by atoms with van der Waals surface area (Å²) in [6.45, 7) is 1.42. The third kappa shape index (κ3) is 3.61. The van der Waals surface area contributed by atoms with Crippen molar-refractivity contribution in [3.05, 3.63) is 64.4 Å². The predicted molar refractivity (Wildman–Crippen MR) is 99.3 cm³/mol. The van der Waals surface area contributed by atoms with Crippen molar-refractivity contribution in [2.75, 3.05) is 5.32 Å². The van der Waals surface area contributed by atoms with E-state index in [1.807, 2.05) is 0 Å². The molecular weight excluding hydrogens is 352 g/mol. The highest BCUT2D eigenvalue weighted by Crippen LogP contribution is 2.31. The zero-order valence-corrected chi connectivity index (χ0v) is 14.8. The van der Waals surface area contributed by atoms with E-state index in [1.54, 1.807) is 42.5 Å². The normalized spacial score (nSPS) is 10.5. The molecule has 0 saturated carbocycles. The first-order valence-corrected chi connectivity index (χ1v) is 8.37. The second kappa shape index (κ2) is 7.42. The van der Waals surface area contributed by atoms with E-state index in [4.69, 9.17) is 21.3 Å². The third-order valence-corrected chi connectivity index (χ3v) is 4.16. The summed E-state index contributed by atoms with van der Waals surface area (Å²) in [7, 11) is 0. The van der Waals surface area contributed by atoms with Gasteiger partial charge < -0.3 is 9.73 Å². The number of benzene rings is 2. The highest BCUT2D eigenvalue weighted by atomic mass is 35.5. The first-order chi connectivity index (χ1) is 12.5. The van der Waals surface area contributed by atoms with E-state index < -0.39 is 0 Å². The molecule has 1 N–H and O–H groups in total. The molecule has 0 radical (unpaired) electrons. The lowest BCUT2D eigenvalue weighted by Crippen LogP contribution is -2.05. The van der Waals surface area contributed by atoms with Crippen LogP contribution in [0.25, 0.3) is 11.0 Å². The Kier molecular flexibility index (Phi) is 5.06. The molecule has 2 aromatic carbocycles. The number of aryl methyl sites for hydroxylation is 1. The highest BCUT2D eigenvalue weighted by Gasteiger charge is 2.22. The van der Waals surface area contributed by atoms with E-state index in [0.717, 1.165) is 5.39 Å². The zero-order valence-electron chi connectivity index (χ0n) is 14.0. The van der Waals surface area contributed by atoms with Gasteiger partial charge in [0, 0.05) is 46.6 Å². The van der Waals surface area contributed by atoms with E-state index >= 15 is 0 Å². The van der Waals surface area contributed by atoms with Gasteiger partial charge in [0.2, 0.25) is 11.7 Å². The molecule has 130 valence electrons. The van der Waals surface area contributed by atoms with Crippen LogP contribution in [0.5, 0.6) is 0 Å². The first-order valence-electron chi connectivity index (χ1n) is 8.00. The van der Waals surface area contributed by atoms with Crippen LogP contribution in [0.4, 0.5) is 5.69 Å². The number of ketones is 1. The molecule has 0 aliphatic carbocycles. The van der Waals surface area contributed by atoms with Gasteiger partial charge in [-0.2, -0.15) is 5.26 Å². The molecular formula is C20H15ClN2O3. The number of hydrogen-bond donors (Lipinski definition) is 1. The minimum Gasteiger partial charge on any atom is -0.452 e. The maximum atomic E-state index is 12.9. The fraction of sp³-hybridized carbons (Fsp3) is 0.150. The summed E-state index contributed by atoms with van der Waals surface area (Å²) in [5.41, 5.74) is 2.21. The summed E-state index contributed by atoms with van der Waals surface area (Å²) in [5.74, 6) is -0.262. The smallest absolute Gasteiger partial charge is 0.228 e. The van der Waals surface area contributed by atoms with Gasteiger partial charge in [-0.25, -0.2) is 0 Å². The van der Waals surface area contributed by atoms with Crippen molar-refractivity contribution in [3.63, 3.8) is 0 Å². The van der Waals surface area contributed by atoms with Crippen LogP contribution >= 0.6 is 11.6 Å². The van der Waals surface area contributed by atoms with E-state index in [1.165, 1.54) is 6.92 Å².